The molecule has 8 heteroatoms. The third kappa shape index (κ3) is 3.92. The van der Waals surface area contributed by atoms with E-state index in [9.17, 15) is 13.2 Å². The third-order valence-corrected chi connectivity index (χ3v) is 5.54. The molecule has 0 saturated heterocycles. The molecule has 0 unspecified atom stereocenters. The molecule has 3 aromatic rings. The maximum atomic E-state index is 12.5. The molecule has 2 aromatic heterocycles. The molecular weight excluding hydrogens is 352 g/mol. The van der Waals surface area contributed by atoms with E-state index in [4.69, 9.17) is 0 Å². The van der Waals surface area contributed by atoms with Gasteiger partial charge in [0.1, 0.15) is 0 Å². The van der Waals surface area contributed by atoms with Crippen LogP contribution in [0.2, 0.25) is 0 Å². The molecular formula is C18H20N4O3S. The van der Waals surface area contributed by atoms with Crippen LogP contribution in [0.3, 0.4) is 0 Å². The fourth-order valence-electron chi connectivity index (χ4n) is 2.71. The number of H-pyrrole nitrogens is 1. The third-order valence-electron chi connectivity index (χ3n) is 4.08. The summed E-state index contributed by atoms with van der Waals surface area (Å²) in [7, 11) is -3.64. The van der Waals surface area contributed by atoms with Crippen molar-refractivity contribution in [2.75, 3.05) is 18.4 Å². The second-order valence-electron chi connectivity index (χ2n) is 6.04. The molecule has 2 heterocycles. The molecule has 0 fully saturated rings. The quantitative estimate of drug-likeness (QED) is 0.574. The lowest BCUT2D eigenvalue weighted by molar-refractivity contribution is 0.583. The van der Waals surface area contributed by atoms with Gasteiger partial charge in [-0.2, -0.15) is 0 Å². The molecule has 1 aromatic carbocycles. The summed E-state index contributed by atoms with van der Waals surface area (Å²) in [6.45, 7) is 4.40. The van der Waals surface area contributed by atoms with E-state index >= 15 is 0 Å². The predicted octanol–water partition coefficient (Wildman–Crippen LogP) is 1.93. The van der Waals surface area contributed by atoms with Crippen molar-refractivity contribution < 1.29 is 8.42 Å². The number of aromatic nitrogens is 2. The minimum atomic E-state index is -3.64. The van der Waals surface area contributed by atoms with Gasteiger partial charge in [-0.3, -0.25) is 9.78 Å². The highest BCUT2D eigenvalue weighted by molar-refractivity contribution is 7.89. The summed E-state index contributed by atoms with van der Waals surface area (Å²) in [6.07, 6.45) is 3.43. The molecule has 0 aliphatic rings. The van der Waals surface area contributed by atoms with Gasteiger partial charge in [-0.1, -0.05) is 0 Å². The molecule has 3 rings (SSSR count). The van der Waals surface area contributed by atoms with E-state index in [1.807, 2.05) is 13.0 Å². The van der Waals surface area contributed by atoms with Crippen LogP contribution in [0.15, 0.2) is 52.4 Å². The van der Waals surface area contributed by atoms with Crippen LogP contribution < -0.4 is 15.6 Å². The number of anilines is 1. The van der Waals surface area contributed by atoms with Gasteiger partial charge in [0, 0.05) is 48.1 Å². The SMILES string of the molecule is Cc1cnccc1NCCNS(=O)(=O)c1ccc2[nH]c(=O)cc(C)c2c1. The molecule has 0 spiro atoms. The number of aromatic amines is 1. The first kappa shape index (κ1) is 18.1. The minimum absolute atomic E-state index is 0.167. The van der Waals surface area contributed by atoms with Gasteiger partial charge in [-0.25, -0.2) is 13.1 Å². The molecule has 0 saturated carbocycles. The highest BCUT2D eigenvalue weighted by Crippen LogP contribution is 2.19. The molecule has 0 bridgehead atoms. The highest BCUT2D eigenvalue weighted by Gasteiger charge is 2.14. The Morgan fingerprint density at radius 3 is 2.65 bits per heavy atom. The molecule has 0 atom stereocenters. The number of pyridine rings is 2. The number of sulfonamides is 1. The molecule has 0 amide bonds. The van der Waals surface area contributed by atoms with E-state index in [1.54, 1.807) is 31.5 Å². The first-order valence-corrected chi connectivity index (χ1v) is 9.63. The number of benzene rings is 1. The zero-order valence-electron chi connectivity index (χ0n) is 14.5. The van der Waals surface area contributed by atoms with Gasteiger partial charge in [-0.15, -0.1) is 0 Å². The first-order valence-electron chi connectivity index (χ1n) is 8.15. The number of fused-ring (bicyclic) bond motifs is 1. The van der Waals surface area contributed by atoms with E-state index in [-0.39, 0.29) is 17.0 Å². The molecule has 136 valence electrons. The average Bonchev–Trinajstić information content (AvgIpc) is 2.59. The van der Waals surface area contributed by atoms with Crippen molar-refractivity contribution in [1.29, 1.82) is 0 Å². The fourth-order valence-corrected chi connectivity index (χ4v) is 3.76. The smallest absolute Gasteiger partial charge is 0.248 e. The Labute approximate surface area is 151 Å². The average molecular weight is 372 g/mol. The van der Waals surface area contributed by atoms with Crippen molar-refractivity contribution >= 4 is 26.6 Å². The lowest BCUT2D eigenvalue weighted by Gasteiger charge is -2.11. The van der Waals surface area contributed by atoms with Crippen molar-refractivity contribution in [2.24, 2.45) is 0 Å². The molecule has 7 nitrogen and oxygen atoms in total. The van der Waals surface area contributed by atoms with Crippen molar-refractivity contribution in [1.82, 2.24) is 14.7 Å². The Balaban J connectivity index is 1.71. The summed E-state index contributed by atoms with van der Waals surface area (Å²) in [5.74, 6) is 0. The second-order valence-corrected chi connectivity index (χ2v) is 7.81. The second kappa shape index (κ2) is 7.27. The van der Waals surface area contributed by atoms with Crippen LogP contribution in [0.5, 0.6) is 0 Å². The molecule has 26 heavy (non-hydrogen) atoms. The van der Waals surface area contributed by atoms with Gasteiger partial charge in [0.05, 0.1) is 4.90 Å². The predicted molar refractivity (Wildman–Crippen MR) is 102 cm³/mol. The number of hydrogen-bond acceptors (Lipinski definition) is 5. The van der Waals surface area contributed by atoms with Gasteiger partial charge < -0.3 is 10.3 Å². The van der Waals surface area contributed by atoms with Gasteiger partial charge in [-0.05, 0) is 49.2 Å². The van der Waals surface area contributed by atoms with Crippen LogP contribution in [-0.2, 0) is 10.0 Å². The van der Waals surface area contributed by atoms with E-state index < -0.39 is 10.0 Å². The molecule has 3 N–H and O–H groups in total. The molecule has 0 aliphatic heterocycles. The number of rotatable bonds is 6. The Morgan fingerprint density at radius 2 is 1.88 bits per heavy atom. The summed E-state index contributed by atoms with van der Waals surface area (Å²) < 4.78 is 27.6. The largest absolute Gasteiger partial charge is 0.383 e. The monoisotopic (exact) mass is 372 g/mol. The number of nitrogens with one attached hydrogen (secondary N) is 3. The van der Waals surface area contributed by atoms with Crippen molar-refractivity contribution in [3.63, 3.8) is 0 Å². The zero-order chi connectivity index (χ0) is 18.7. The lowest BCUT2D eigenvalue weighted by Crippen LogP contribution is -2.29. The van der Waals surface area contributed by atoms with Gasteiger partial charge in [0.25, 0.3) is 0 Å². The topological polar surface area (TPSA) is 104 Å². The van der Waals surface area contributed by atoms with E-state index in [0.717, 1.165) is 16.8 Å². The van der Waals surface area contributed by atoms with Crippen LogP contribution in [-0.4, -0.2) is 31.5 Å². The van der Waals surface area contributed by atoms with E-state index in [0.29, 0.717) is 17.4 Å². The van der Waals surface area contributed by atoms with Crippen molar-refractivity contribution in [3.8, 4) is 0 Å². The van der Waals surface area contributed by atoms with Gasteiger partial charge in [0.2, 0.25) is 15.6 Å². The summed E-state index contributed by atoms with van der Waals surface area (Å²) in [5, 5.41) is 3.88. The number of hydrogen-bond donors (Lipinski definition) is 3. The summed E-state index contributed by atoms with van der Waals surface area (Å²) >= 11 is 0. The number of aryl methyl sites for hydroxylation is 2. The Hall–Kier alpha value is -2.71. The fraction of sp³-hybridized carbons (Fsp3) is 0.222. The van der Waals surface area contributed by atoms with Crippen LogP contribution >= 0.6 is 0 Å². The van der Waals surface area contributed by atoms with E-state index in [1.165, 1.54) is 12.1 Å². The Kier molecular flexibility index (Phi) is 5.06. The number of nitrogens with zero attached hydrogens (tertiary/aromatic N) is 1. The normalized spacial score (nSPS) is 11.6. The summed E-state index contributed by atoms with van der Waals surface area (Å²) in [4.78, 5) is 18.4. The van der Waals surface area contributed by atoms with Crippen LogP contribution in [0, 0.1) is 13.8 Å². The summed E-state index contributed by atoms with van der Waals surface area (Å²) in [6, 6.07) is 7.96. The molecule has 0 radical (unpaired) electrons. The van der Waals surface area contributed by atoms with Gasteiger partial charge >= 0.3 is 0 Å². The Morgan fingerprint density at radius 1 is 1.08 bits per heavy atom. The first-order chi connectivity index (χ1) is 12.4. The van der Waals surface area contributed by atoms with E-state index in [2.05, 4.69) is 20.0 Å². The van der Waals surface area contributed by atoms with Crippen LogP contribution in [0.1, 0.15) is 11.1 Å². The zero-order valence-corrected chi connectivity index (χ0v) is 15.4. The summed E-state index contributed by atoms with van der Waals surface area (Å²) in [5.41, 5.74) is 3.06. The standard InChI is InChI=1S/C18H20N4O3S/c1-12-9-18(23)22-17-4-3-14(10-15(12)17)26(24,25)21-8-7-20-16-5-6-19-11-13(16)2/h3-6,9-11,21H,7-8H2,1-2H3,(H,19,20)(H,22,23). The highest BCUT2D eigenvalue weighted by atomic mass is 32.2. The van der Waals surface area contributed by atoms with Crippen LogP contribution in [0.25, 0.3) is 10.9 Å². The lowest BCUT2D eigenvalue weighted by atomic mass is 10.1. The van der Waals surface area contributed by atoms with Crippen molar-refractivity contribution in [2.45, 2.75) is 18.7 Å². The maximum Gasteiger partial charge on any atom is 0.248 e. The van der Waals surface area contributed by atoms with Crippen molar-refractivity contribution in [3.05, 3.63) is 64.2 Å². The van der Waals surface area contributed by atoms with Crippen LogP contribution in [0.4, 0.5) is 5.69 Å². The maximum absolute atomic E-state index is 12.5. The Bertz CT molecular complexity index is 1110. The minimum Gasteiger partial charge on any atom is -0.383 e. The van der Waals surface area contributed by atoms with Gasteiger partial charge in [0.15, 0.2) is 0 Å². The molecule has 0 aliphatic carbocycles.